The highest BCUT2D eigenvalue weighted by Gasteiger charge is 2.26. The fourth-order valence-corrected chi connectivity index (χ4v) is 3.08. The summed E-state index contributed by atoms with van der Waals surface area (Å²) in [4.78, 5) is 16.1. The molecule has 3 heterocycles. The molecule has 2 unspecified atom stereocenters. The van der Waals surface area contributed by atoms with Gasteiger partial charge in [0.1, 0.15) is 0 Å². The number of piperazine rings is 1. The molecule has 0 aliphatic carbocycles. The van der Waals surface area contributed by atoms with Crippen LogP contribution in [0.1, 0.15) is 12.5 Å². The second-order valence-corrected chi connectivity index (χ2v) is 6.52. The Kier molecular flexibility index (Phi) is 4.37. The summed E-state index contributed by atoms with van der Waals surface area (Å²) in [7, 11) is 2.16. The molecule has 2 aliphatic heterocycles. The van der Waals surface area contributed by atoms with Gasteiger partial charge in [0, 0.05) is 69.8 Å². The van der Waals surface area contributed by atoms with E-state index in [1.807, 2.05) is 12.4 Å². The van der Waals surface area contributed by atoms with Crippen molar-refractivity contribution in [3.05, 3.63) is 18.0 Å². The molecule has 1 aromatic heterocycles. The third-order valence-electron chi connectivity index (χ3n) is 4.63. The molecule has 0 bridgehead atoms. The molecular formula is C15H26N6. The van der Waals surface area contributed by atoms with Crippen LogP contribution in [0.2, 0.25) is 0 Å². The molecule has 0 radical (unpaired) electrons. The number of anilines is 1. The summed E-state index contributed by atoms with van der Waals surface area (Å²) in [5.41, 5.74) is 7.25. The van der Waals surface area contributed by atoms with Crippen molar-refractivity contribution in [2.45, 2.75) is 19.5 Å². The molecule has 2 fully saturated rings. The number of likely N-dealkylation sites (N-methyl/N-ethyl adjacent to an activating group) is 1. The fourth-order valence-electron chi connectivity index (χ4n) is 3.08. The molecule has 6 heteroatoms. The van der Waals surface area contributed by atoms with Crippen LogP contribution in [0.25, 0.3) is 0 Å². The molecular weight excluding hydrogens is 264 g/mol. The predicted octanol–water partition coefficient (Wildman–Crippen LogP) is 0.00740. The van der Waals surface area contributed by atoms with Crippen molar-refractivity contribution in [1.82, 2.24) is 19.8 Å². The van der Waals surface area contributed by atoms with Crippen LogP contribution in [0.5, 0.6) is 0 Å². The third kappa shape index (κ3) is 3.51. The molecule has 116 valence electrons. The van der Waals surface area contributed by atoms with Gasteiger partial charge in [-0.15, -0.1) is 0 Å². The van der Waals surface area contributed by atoms with E-state index in [1.165, 1.54) is 5.56 Å². The van der Waals surface area contributed by atoms with E-state index in [1.54, 1.807) is 0 Å². The lowest BCUT2D eigenvalue weighted by molar-refractivity contribution is 0.310. The summed E-state index contributed by atoms with van der Waals surface area (Å²) in [6.45, 7) is 9.34. The molecule has 0 spiro atoms. The minimum absolute atomic E-state index is 0.301. The molecule has 0 amide bonds. The molecule has 3 rings (SSSR count). The largest absolute Gasteiger partial charge is 0.338 e. The summed E-state index contributed by atoms with van der Waals surface area (Å²) in [6.07, 6.45) is 3.93. The SMILES string of the molecule is CC1CN(Cc2cnc(N3CCN(C)CC3)nc2)CC1N. The first-order chi connectivity index (χ1) is 10.1. The van der Waals surface area contributed by atoms with Crippen LogP contribution < -0.4 is 10.6 Å². The summed E-state index contributed by atoms with van der Waals surface area (Å²) in [6, 6.07) is 0.301. The van der Waals surface area contributed by atoms with Crippen LogP contribution in [0.3, 0.4) is 0 Å². The summed E-state index contributed by atoms with van der Waals surface area (Å²) in [5.74, 6) is 1.44. The average molecular weight is 290 g/mol. The first-order valence-corrected chi connectivity index (χ1v) is 7.84. The van der Waals surface area contributed by atoms with Gasteiger partial charge in [-0.2, -0.15) is 0 Å². The lowest BCUT2D eigenvalue weighted by Crippen LogP contribution is -2.45. The van der Waals surface area contributed by atoms with Crippen molar-refractivity contribution in [3.63, 3.8) is 0 Å². The Morgan fingerprint density at radius 1 is 1.14 bits per heavy atom. The van der Waals surface area contributed by atoms with Crippen LogP contribution in [0.4, 0.5) is 5.95 Å². The van der Waals surface area contributed by atoms with Gasteiger partial charge in [-0.3, -0.25) is 4.90 Å². The standard InChI is InChI=1S/C15H26N6/c1-12-9-20(11-14(12)16)10-13-7-17-15(18-8-13)21-5-3-19(2)4-6-21/h7-8,12,14H,3-6,9-11,16H2,1-2H3. The van der Waals surface area contributed by atoms with Crippen molar-refractivity contribution in [2.75, 3.05) is 51.2 Å². The molecule has 2 N–H and O–H groups in total. The quantitative estimate of drug-likeness (QED) is 0.846. The number of aromatic nitrogens is 2. The predicted molar refractivity (Wildman–Crippen MR) is 84.2 cm³/mol. The van der Waals surface area contributed by atoms with E-state index in [4.69, 9.17) is 5.73 Å². The molecule has 2 aliphatic rings. The van der Waals surface area contributed by atoms with E-state index in [9.17, 15) is 0 Å². The van der Waals surface area contributed by atoms with Gasteiger partial charge in [-0.05, 0) is 13.0 Å². The average Bonchev–Trinajstić information content (AvgIpc) is 2.79. The number of likely N-dealkylation sites (tertiary alicyclic amines) is 1. The van der Waals surface area contributed by atoms with E-state index in [-0.39, 0.29) is 0 Å². The van der Waals surface area contributed by atoms with Crippen LogP contribution >= 0.6 is 0 Å². The van der Waals surface area contributed by atoms with Crippen molar-refractivity contribution in [2.24, 2.45) is 11.7 Å². The molecule has 6 nitrogen and oxygen atoms in total. The number of nitrogens with two attached hydrogens (primary N) is 1. The monoisotopic (exact) mass is 290 g/mol. The summed E-state index contributed by atoms with van der Waals surface area (Å²) in [5, 5.41) is 0. The van der Waals surface area contributed by atoms with Gasteiger partial charge in [0.2, 0.25) is 5.95 Å². The maximum atomic E-state index is 6.07. The molecule has 1 aromatic rings. The zero-order valence-corrected chi connectivity index (χ0v) is 13.1. The lowest BCUT2D eigenvalue weighted by Gasteiger charge is -2.32. The second kappa shape index (κ2) is 6.25. The zero-order valence-electron chi connectivity index (χ0n) is 13.1. The van der Waals surface area contributed by atoms with Gasteiger partial charge in [0.25, 0.3) is 0 Å². The Morgan fingerprint density at radius 2 is 1.81 bits per heavy atom. The second-order valence-electron chi connectivity index (χ2n) is 6.52. The molecule has 0 aromatic carbocycles. The number of hydrogen-bond donors (Lipinski definition) is 1. The minimum Gasteiger partial charge on any atom is -0.338 e. The zero-order chi connectivity index (χ0) is 14.8. The van der Waals surface area contributed by atoms with E-state index < -0.39 is 0 Å². The minimum atomic E-state index is 0.301. The Hall–Kier alpha value is -1.24. The smallest absolute Gasteiger partial charge is 0.225 e. The highest BCUT2D eigenvalue weighted by molar-refractivity contribution is 5.30. The Bertz CT molecular complexity index is 444. The van der Waals surface area contributed by atoms with E-state index >= 15 is 0 Å². The lowest BCUT2D eigenvalue weighted by atomic mass is 10.1. The molecule has 21 heavy (non-hydrogen) atoms. The van der Waals surface area contributed by atoms with E-state index in [0.29, 0.717) is 12.0 Å². The van der Waals surface area contributed by atoms with Gasteiger partial charge < -0.3 is 15.5 Å². The third-order valence-corrected chi connectivity index (χ3v) is 4.63. The molecule has 2 saturated heterocycles. The highest BCUT2D eigenvalue weighted by Crippen LogP contribution is 2.17. The normalized spacial score (nSPS) is 28.2. The fraction of sp³-hybridized carbons (Fsp3) is 0.733. The topological polar surface area (TPSA) is 61.5 Å². The highest BCUT2D eigenvalue weighted by atomic mass is 15.3. The maximum absolute atomic E-state index is 6.07. The van der Waals surface area contributed by atoms with Crippen LogP contribution in [0, 0.1) is 5.92 Å². The maximum Gasteiger partial charge on any atom is 0.225 e. The van der Waals surface area contributed by atoms with Crippen LogP contribution in [-0.4, -0.2) is 72.1 Å². The van der Waals surface area contributed by atoms with E-state index in [0.717, 1.165) is 51.8 Å². The molecule has 2 atom stereocenters. The summed E-state index contributed by atoms with van der Waals surface area (Å²) >= 11 is 0. The van der Waals surface area contributed by atoms with Crippen molar-refractivity contribution < 1.29 is 0 Å². The van der Waals surface area contributed by atoms with Gasteiger partial charge in [0.05, 0.1) is 0 Å². The number of rotatable bonds is 3. The van der Waals surface area contributed by atoms with Gasteiger partial charge in [-0.1, -0.05) is 6.92 Å². The number of nitrogens with zero attached hydrogens (tertiary/aromatic N) is 5. The van der Waals surface area contributed by atoms with Crippen LogP contribution in [0.15, 0.2) is 12.4 Å². The Balaban J connectivity index is 1.57. The molecule has 0 saturated carbocycles. The number of hydrogen-bond acceptors (Lipinski definition) is 6. The van der Waals surface area contributed by atoms with Crippen molar-refractivity contribution in [1.29, 1.82) is 0 Å². The Labute approximate surface area is 126 Å². The van der Waals surface area contributed by atoms with Crippen molar-refractivity contribution in [3.8, 4) is 0 Å². The van der Waals surface area contributed by atoms with Crippen molar-refractivity contribution >= 4 is 5.95 Å². The van der Waals surface area contributed by atoms with Gasteiger partial charge in [-0.25, -0.2) is 9.97 Å². The van der Waals surface area contributed by atoms with Gasteiger partial charge >= 0.3 is 0 Å². The van der Waals surface area contributed by atoms with Gasteiger partial charge in [0.15, 0.2) is 0 Å². The first-order valence-electron chi connectivity index (χ1n) is 7.84. The van der Waals surface area contributed by atoms with Crippen LogP contribution in [-0.2, 0) is 6.54 Å². The van der Waals surface area contributed by atoms with E-state index in [2.05, 4.69) is 38.6 Å². The first kappa shape index (κ1) is 14.7. The summed E-state index contributed by atoms with van der Waals surface area (Å²) < 4.78 is 0. The Morgan fingerprint density at radius 3 is 2.38 bits per heavy atom.